The molecule has 1 aliphatic rings. The minimum Gasteiger partial charge on any atom is -0.454 e. The second kappa shape index (κ2) is 6.51. The van der Waals surface area contributed by atoms with Crippen molar-refractivity contribution in [3.8, 4) is 11.5 Å². The first kappa shape index (κ1) is 15.1. The molecule has 2 aromatic rings. The summed E-state index contributed by atoms with van der Waals surface area (Å²) < 4.78 is 10.6. The van der Waals surface area contributed by atoms with Crippen molar-refractivity contribution in [3.05, 3.63) is 41.6 Å². The van der Waals surface area contributed by atoms with E-state index in [-0.39, 0.29) is 18.7 Å². The van der Waals surface area contributed by atoms with E-state index in [0.29, 0.717) is 18.1 Å². The van der Waals surface area contributed by atoms with Gasteiger partial charge in [0.15, 0.2) is 17.2 Å². The number of nitrogens with one attached hydrogen (secondary N) is 2. The predicted molar refractivity (Wildman–Crippen MR) is 84.5 cm³/mol. The van der Waals surface area contributed by atoms with Crippen LogP contribution in [0.2, 0.25) is 0 Å². The van der Waals surface area contributed by atoms with Crippen LogP contribution in [-0.4, -0.2) is 28.9 Å². The van der Waals surface area contributed by atoms with E-state index in [1.165, 1.54) is 0 Å². The molecule has 1 aromatic heterocycles. The van der Waals surface area contributed by atoms with E-state index in [1.807, 2.05) is 32.0 Å². The first-order chi connectivity index (χ1) is 11.1. The fourth-order valence-corrected chi connectivity index (χ4v) is 2.13. The lowest BCUT2D eigenvalue weighted by Crippen LogP contribution is -2.30. The average Bonchev–Trinajstić information content (AvgIpc) is 3.00. The van der Waals surface area contributed by atoms with E-state index in [2.05, 4.69) is 20.8 Å². The van der Waals surface area contributed by atoms with Gasteiger partial charge in [-0.1, -0.05) is 6.07 Å². The standard InChI is InChI=1S/C16H18N4O3/c1-10(2)18-16(21)12-4-6-15(20-19-12)17-8-11-3-5-13-14(7-11)23-9-22-13/h3-7,10H,8-9H2,1-2H3,(H,17,20)(H,18,21). The van der Waals surface area contributed by atoms with Gasteiger partial charge in [-0.2, -0.15) is 0 Å². The number of amides is 1. The van der Waals surface area contributed by atoms with Gasteiger partial charge in [-0.05, 0) is 43.7 Å². The number of aromatic nitrogens is 2. The molecule has 0 unspecified atom stereocenters. The zero-order valence-corrected chi connectivity index (χ0v) is 13.0. The first-order valence-electron chi connectivity index (χ1n) is 7.39. The Hall–Kier alpha value is -2.83. The topological polar surface area (TPSA) is 85.4 Å². The Labute approximate surface area is 134 Å². The van der Waals surface area contributed by atoms with Crippen LogP contribution in [0.3, 0.4) is 0 Å². The van der Waals surface area contributed by atoms with Crippen molar-refractivity contribution in [1.82, 2.24) is 15.5 Å². The number of anilines is 1. The highest BCUT2D eigenvalue weighted by Crippen LogP contribution is 2.32. The maximum absolute atomic E-state index is 11.8. The van der Waals surface area contributed by atoms with Crippen LogP contribution >= 0.6 is 0 Å². The molecule has 23 heavy (non-hydrogen) atoms. The van der Waals surface area contributed by atoms with E-state index in [1.54, 1.807) is 12.1 Å². The van der Waals surface area contributed by atoms with Crippen molar-refractivity contribution in [3.63, 3.8) is 0 Å². The zero-order chi connectivity index (χ0) is 16.2. The lowest BCUT2D eigenvalue weighted by atomic mass is 10.2. The molecule has 0 saturated heterocycles. The van der Waals surface area contributed by atoms with Gasteiger partial charge in [0.05, 0.1) is 0 Å². The highest BCUT2D eigenvalue weighted by atomic mass is 16.7. The Balaban J connectivity index is 1.59. The van der Waals surface area contributed by atoms with Crippen LogP contribution in [0.4, 0.5) is 5.82 Å². The van der Waals surface area contributed by atoms with E-state index >= 15 is 0 Å². The van der Waals surface area contributed by atoms with Crippen LogP contribution in [0.1, 0.15) is 29.9 Å². The van der Waals surface area contributed by atoms with Gasteiger partial charge in [-0.25, -0.2) is 0 Å². The Morgan fingerprint density at radius 2 is 2.00 bits per heavy atom. The number of hydrogen-bond acceptors (Lipinski definition) is 6. The molecule has 0 spiro atoms. The molecule has 0 aliphatic carbocycles. The monoisotopic (exact) mass is 314 g/mol. The van der Waals surface area contributed by atoms with E-state index < -0.39 is 0 Å². The molecule has 0 radical (unpaired) electrons. The van der Waals surface area contributed by atoms with Gasteiger partial charge in [-0.15, -0.1) is 10.2 Å². The summed E-state index contributed by atoms with van der Waals surface area (Å²) in [5.41, 5.74) is 1.34. The summed E-state index contributed by atoms with van der Waals surface area (Å²) in [4.78, 5) is 11.8. The summed E-state index contributed by atoms with van der Waals surface area (Å²) in [7, 11) is 0. The van der Waals surface area contributed by atoms with Crippen molar-refractivity contribution in [1.29, 1.82) is 0 Å². The summed E-state index contributed by atoms with van der Waals surface area (Å²) in [5, 5.41) is 13.9. The summed E-state index contributed by atoms with van der Waals surface area (Å²) in [6.07, 6.45) is 0. The number of benzene rings is 1. The Kier molecular flexibility index (Phi) is 4.27. The van der Waals surface area contributed by atoms with Gasteiger partial charge in [0, 0.05) is 12.6 Å². The third-order valence-electron chi connectivity index (χ3n) is 3.23. The number of carbonyl (C=O) groups excluding carboxylic acids is 1. The second-order valence-electron chi connectivity index (χ2n) is 5.47. The zero-order valence-electron chi connectivity index (χ0n) is 13.0. The number of ether oxygens (including phenoxy) is 2. The Bertz CT molecular complexity index is 701. The van der Waals surface area contributed by atoms with Crippen molar-refractivity contribution in [2.75, 3.05) is 12.1 Å². The normalized spacial score (nSPS) is 12.3. The van der Waals surface area contributed by atoms with Crippen LogP contribution < -0.4 is 20.1 Å². The maximum atomic E-state index is 11.8. The van der Waals surface area contributed by atoms with E-state index in [0.717, 1.165) is 17.1 Å². The number of fused-ring (bicyclic) bond motifs is 1. The van der Waals surface area contributed by atoms with Crippen molar-refractivity contribution >= 4 is 11.7 Å². The van der Waals surface area contributed by atoms with E-state index in [4.69, 9.17) is 9.47 Å². The van der Waals surface area contributed by atoms with Crippen LogP contribution in [0, 0.1) is 0 Å². The second-order valence-corrected chi connectivity index (χ2v) is 5.47. The molecule has 7 heteroatoms. The SMILES string of the molecule is CC(C)NC(=O)c1ccc(NCc2ccc3c(c2)OCO3)nn1. The average molecular weight is 314 g/mol. The summed E-state index contributed by atoms with van der Waals surface area (Å²) in [6.45, 7) is 4.62. The highest BCUT2D eigenvalue weighted by Gasteiger charge is 2.13. The van der Waals surface area contributed by atoms with Crippen LogP contribution in [0.15, 0.2) is 30.3 Å². The molecular weight excluding hydrogens is 296 g/mol. The van der Waals surface area contributed by atoms with Crippen molar-refractivity contribution in [2.45, 2.75) is 26.4 Å². The smallest absolute Gasteiger partial charge is 0.271 e. The molecule has 120 valence electrons. The Morgan fingerprint density at radius 1 is 1.17 bits per heavy atom. The number of nitrogens with zero attached hydrogens (tertiary/aromatic N) is 2. The van der Waals surface area contributed by atoms with E-state index in [9.17, 15) is 4.79 Å². The molecule has 7 nitrogen and oxygen atoms in total. The molecule has 1 aliphatic heterocycles. The molecular formula is C16H18N4O3. The van der Waals surface area contributed by atoms with Gasteiger partial charge in [0.25, 0.3) is 5.91 Å². The molecule has 1 aromatic carbocycles. The molecule has 0 bridgehead atoms. The summed E-state index contributed by atoms with van der Waals surface area (Å²) in [6, 6.07) is 9.20. The lowest BCUT2D eigenvalue weighted by Gasteiger charge is -2.08. The third-order valence-corrected chi connectivity index (χ3v) is 3.23. The molecule has 0 fully saturated rings. The molecule has 1 amide bonds. The molecule has 2 heterocycles. The molecule has 0 atom stereocenters. The largest absolute Gasteiger partial charge is 0.454 e. The fraction of sp³-hybridized carbons (Fsp3) is 0.312. The third kappa shape index (κ3) is 3.68. The molecule has 3 rings (SSSR count). The molecule has 0 saturated carbocycles. The number of hydrogen-bond donors (Lipinski definition) is 2. The van der Waals surface area contributed by atoms with Crippen LogP contribution in [0.5, 0.6) is 11.5 Å². The highest BCUT2D eigenvalue weighted by molar-refractivity contribution is 5.92. The quantitative estimate of drug-likeness (QED) is 0.877. The van der Waals surface area contributed by atoms with Gasteiger partial charge in [-0.3, -0.25) is 4.79 Å². The minimum atomic E-state index is -0.227. The minimum absolute atomic E-state index is 0.0631. The first-order valence-corrected chi connectivity index (χ1v) is 7.39. The van der Waals surface area contributed by atoms with Gasteiger partial charge in [0.1, 0.15) is 5.82 Å². The van der Waals surface area contributed by atoms with Gasteiger partial charge < -0.3 is 20.1 Å². The van der Waals surface area contributed by atoms with Crippen LogP contribution in [0.25, 0.3) is 0 Å². The fourth-order valence-electron chi connectivity index (χ4n) is 2.13. The Morgan fingerprint density at radius 3 is 2.74 bits per heavy atom. The van der Waals surface area contributed by atoms with Gasteiger partial charge in [0.2, 0.25) is 6.79 Å². The van der Waals surface area contributed by atoms with Crippen LogP contribution in [-0.2, 0) is 6.54 Å². The number of carbonyl (C=O) groups is 1. The predicted octanol–water partition coefficient (Wildman–Crippen LogP) is 1.96. The molecule has 2 N–H and O–H groups in total. The van der Waals surface area contributed by atoms with Crippen molar-refractivity contribution in [2.24, 2.45) is 0 Å². The van der Waals surface area contributed by atoms with Gasteiger partial charge >= 0.3 is 0 Å². The maximum Gasteiger partial charge on any atom is 0.271 e. The lowest BCUT2D eigenvalue weighted by molar-refractivity contribution is 0.0937. The van der Waals surface area contributed by atoms with Crippen molar-refractivity contribution < 1.29 is 14.3 Å². The summed E-state index contributed by atoms with van der Waals surface area (Å²) >= 11 is 0. The number of rotatable bonds is 5. The summed E-state index contributed by atoms with van der Waals surface area (Å²) in [5.74, 6) is 1.88.